The smallest absolute Gasteiger partial charge is 0.349 e. The van der Waals surface area contributed by atoms with Gasteiger partial charge in [-0.1, -0.05) is 76.2 Å². The predicted molar refractivity (Wildman–Crippen MR) is 489 cm³/mol. The minimum atomic E-state index is -0.788. The van der Waals surface area contributed by atoms with Gasteiger partial charge in [-0.2, -0.15) is 0 Å². The molecule has 0 radical (unpaired) electrons. The van der Waals surface area contributed by atoms with Gasteiger partial charge in [-0.25, -0.2) is 9.59 Å². The summed E-state index contributed by atoms with van der Waals surface area (Å²) in [5.74, 6) is -1.84. The summed E-state index contributed by atoms with van der Waals surface area (Å²) in [5, 5.41) is 76.4. The highest BCUT2D eigenvalue weighted by atomic mass is 16.5. The zero-order valence-electron chi connectivity index (χ0n) is 74.9. The second-order valence-electron chi connectivity index (χ2n) is 33.5. The van der Waals surface area contributed by atoms with Crippen molar-refractivity contribution in [3.63, 3.8) is 0 Å². The van der Waals surface area contributed by atoms with E-state index in [-0.39, 0.29) is 176 Å². The van der Waals surface area contributed by atoms with Crippen LogP contribution in [0.25, 0.3) is 21.9 Å². The first-order valence-electron chi connectivity index (χ1n) is 43.8. The lowest BCUT2D eigenvalue weighted by atomic mass is 9.81. The number of rotatable bonds is 44. The van der Waals surface area contributed by atoms with Crippen LogP contribution >= 0.6 is 0 Å². The van der Waals surface area contributed by atoms with E-state index in [0.717, 1.165) is 48.7 Å². The van der Waals surface area contributed by atoms with E-state index in [1.807, 2.05) is 76.2 Å². The van der Waals surface area contributed by atoms with E-state index < -0.39 is 45.7 Å². The van der Waals surface area contributed by atoms with Crippen LogP contribution < -0.4 is 73.9 Å². The van der Waals surface area contributed by atoms with Gasteiger partial charge in [-0.3, -0.25) is 39.4 Å². The van der Waals surface area contributed by atoms with Crippen LogP contribution in [0.5, 0.6) is 23.0 Å². The number of guanidine groups is 2. The van der Waals surface area contributed by atoms with Crippen molar-refractivity contribution in [1.82, 2.24) is 61.9 Å². The molecular weight excluding hydrogens is 1640 g/mol. The van der Waals surface area contributed by atoms with Gasteiger partial charge in [-0.05, 0) is 181 Å². The third-order valence-electron chi connectivity index (χ3n) is 21.9. The number of amides is 4. The zero-order chi connectivity index (χ0) is 91.6. The summed E-state index contributed by atoms with van der Waals surface area (Å²) < 4.78 is 52.4. The molecule has 4 aromatic heterocycles. The number of carbonyl (C=O) groups is 4. The second kappa shape index (κ2) is 45.5. The van der Waals surface area contributed by atoms with Crippen molar-refractivity contribution in [2.24, 2.45) is 11.5 Å². The third kappa shape index (κ3) is 26.6. The van der Waals surface area contributed by atoms with E-state index in [4.69, 9.17) is 59.5 Å². The number of aromatic nitrogens is 6. The van der Waals surface area contributed by atoms with Crippen molar-refractivity contribution in [3.8, 4) is 23.0 Å². The van der Waals surface area contributed by atoms with Crippen LogP contribution in [-0.2, 0) is 81.8 Å². The summed E-state index contributed by atoms with van der Waals surface area (Å²) in [7, 11) is 0. The van der Waals surface area contributed by atoms with Crippen LogP contribution in [0.3, 0.4) is 0 Å². The van der Waals surface area contributed by atoms with Crippen LogP contribution in [0.1, 0.15) is 203 Å². The number of nitrogens with zero attached hydrogens (tertiary/aromatic N) is 8. The quantitative estimate of drug-likeness (QED) is 0.00731. The summed E-state index contributed by atoms with van der Waals surface area (Å²) in [5.41, 5.74) is 17.5. The highest BCUT2D eigenvalue weighted by Gasteiger charge is 2.30. The number of nitrogens with one attached hydrogen (secondary N) is 8. The Morgan fingerprint density at radius 2 is 0.781 bits per heavy atom. The number of benzene rings is 6. The Morgan fingerprint density at radius 1 is 0.438 bits per heavy atom. The molecule has 10 aromatic rings. The molecule has 684 valence electrons. The van der Waals surface area contributed by atoms with Gasteiger partial charge in [0, 0.05) is 150 Å². The fourth-order valence-corrected chi connectivity index (χ4v) is 15.0. The summed E-state index contributed by atoms with van der Waals surface area (Å²) in [6.07, 6.45) is 5.34. The molecule has 0 aliphatic heterocycles. The average molecular weight is 1760 g/mol. The van der Waals surface area contributed by atoms with E-state index >= 15 is 0 Å². The maximum atomic E-state index is 14.9. The molecule has 8 bridgehead atoms. The molecule has 1 aliphatic rings. The number of carbonyl (C=O) groups excluding carboxylic acids is 4. The standard InChI is InChI=1S/C94H122N18O16/c1-11-109(12-2)75-21-19-59-51-77(89(119)127-79(59)53-75)87(117)99-25-17-31-125-83-65-39-61-43-69(85(115)101-27-33-121-35-37-123-57-73-55-111(107-105-73)29-15-23-103-91(95)96)45-63(81(61)113)41-67-49-72(94(8,9)10)50-68(84(67)126-32-18-26-100-88(118)78-52-60-20-22-76(110(13-3)14-4)54-80(60)128-90(78)120)42-64-46-70(44-62(82(64)114)40-66(83)48-71(47-65)93(5,6)7)86(116)102-28-34-122-36-38-124-58-74-56-112(108-106-74)30-16-24-104-92(97)98/h19-22,43-56,113-114H,11-18,23-42,57-58H2,1-10H3,(H,99,117)(H,100,118)(H,101,115)(H,102,116)(H4,95,96,103)(H4,97,98,104). The molecule has 4 amide bonds. The normalized spacial score (nSPS) is 12.1. The molecule has 0 atom stereocenters. The number of fused-ring (bicyclic) bond motifs is 10. The molecule has 4 heterocycles. The molecule has 128 heavy (non-hydrogen) atoms. The van der Waals surface area contributed by atoms with Gasteiger partial charge >= 0.3 is 11.3 Å². The van der Waals surface area contributed by atoms with E-state index in [9.17, 15) is 39.0 Å². The summed E-state index contributed by atoms with van der Waals surface area (Å²) in [6.45, 7) is 27.6. The molecule has 14 N–H and O–H groups in total. The molecule has 34 nitrogen and oxygen atoms in total. The summed E-state index contributed by atoms with van der Waals surface area (Å²) in [6, 6.07) is 28.8. The summed E-state index contributed by atoms with van der Waals surface area (Å²) >= 11 is 0. The fourth-order valence-electron chi connectivity index (χ4n) is 15.0. The Kier molecular flexibility index (Phi) is 34.0. The maximum absolute atomic E-state index is 14.9. The van der Waals surface area contributed by atoms with E-state index in [0.29, 0.717) is 128 Å². The number of phenols is 2. The minimum absolute atomic E-state index is 0.00898. The minimum Gasteiger partial charge on any atom is -0.507 e. The monoisotopic (exact) mass is 1760 g/mol. The largest absolute Gasteiger partial charge is 0.507 e. The van der Waals surface area contributed by atoms with E-state index in [2.05, 4.69) is 104 Å². The number of aryl methyl sites for hydroxylation is 2. The van der Waals surface area contributed by atoms with Crippen molar-refractivity contribution < 1.29 is 66.6 Å². The Hall–Kier alpha value is -12.9. The second-order valence-corrected chi connectivity index (χ2v) is 33.5. The SMILES string of the molecule is CCN(CC)c1ccc2cc(C(=O)NCCCOc3c4cc(C(C)(C)C)cc3Cc3cc(C(=O)NCCOCCOCc5cn(CCCNC(=N)N)nn5)cc(c3O)Cc3cc(C(C)(C)C)cc(c3OCCCNC(=O)c3cc5ccc(N(CC)CC)cc5oc3=O)Cc3cc(C(=O)NCCOCCOCc5cn(CCCNC(=N)N)nn5)cc(c3O)C4)c(=O)oc2c1. The van der Waals surface area contributed by atoms with Crippen LogP contribution in [0.15, 0.2) is 128 Å². The molecule has 0 spiro atoms. The van der Waals surface area contributed by atoms with Crippen LogP contribution in [0, 0.1) is 10.8 Å². The lowest BCUT2D eigenvalue weighted by Crippen LogP contribution is -2.31. The van der Waals surface area contributed by atoms with Gasteiger partial charge in [0.2, 0.25) is 0 Å². The van der Waals surface area contributed by atoms with Crippen molar-refractivity contribution in [2.45, 2.75) is 158 Å². The predicted octanol–water partition coefficient (Wildman–Crippen LogP) is 9.53. The molecule has 1 aliphatic carbocycles. The number of ether oxygens (including phenoxy) is 6. The molecule has 0 saturated carbocycles. The van der Waals surface area contributed by atoms with Crippen molar-refractivity contribution in [3.05, 3.63) is 220 Å². The lowest BCUT2D eigenvalue weighted by molar-refractivity contribution is 0.0401. The van der Waals surface area contributed by atoms with Crippen LogP contribution in [0.2, 0.25) is 0 Å². The molecule has 0 unspecified atom stereocenters. The zero-order valence-corrected chi connectivity index (χ0v) is 74.9. The van der Waals surface area contributed by atoms with Crippen molar-refractivity contribution in [1.29, 1.82) is 10.8 Å². The Morgan fingerprint density at radius 3 is 1.12 bits per heavy atom. The number of aromatic hydroxyl groups is 2. The van der Waals surface area contributed by atoms with Gasteiger partial charge in [0.05, 0.1) is 78.5 Å². The molecule has 6 aromatic carbocycles. The number of hydrogen-bond donors (Lipinski definition) is 12. The molecule has 0 fully saturated rings. The Labute approximate surface area is 744 Å². The first-order chi connectivity index (χ1) is 61.5. The lowest BCUT2D eigenvalue weighted by Gasteiger charge is -2.27. The first-order valence-corrected chi connectivity index (χ1v) is 43.8. The highest BCUT2D eigenvalue weighted by molar-refractivity contribution is 5.99. The Balaban J connectivity index is 0.913. The van der Waals surface area contributed by atoms with Gasteiger partial charge < -0.3 is 101 Å². The number of phenolic OH excluding ortho intramolecular Hbond substituents is 2. The molecule has 0 saturated heterocycles. The van der Waals surface area contributed by atoms with Crippen LogP contribution in [0.4, 0.5) is 11.4 Å². The Bertz CT molecular complexity index is 5220. The van der Waals surface area contributed by atoms with E-state index in [1.165, 1.54) is 12.1 Å². The third-order valence-corrected chi connectivity index (χ3v) is 21.9. The first kappa shape index (κ1) is 95.7. The van der Waals surface area contributed by atoms with Crippen molar-refractivity contribution >= 4 is 68.9 Å². The van der Waals surface area contributed by atoms with Gasteiger partial charge in [-0.15, -0.1) is 10.2 Å². The molecular formula is C94H122N18O16. The van der Waals surface area contributed by atoms with Gasteiger partial charge in [0.1, 0.15) is 56.7 Å². The summed E-state index contributed by atoms with van der Waals surface area (Å²) in [4.78, 5) is 89.0. The molecule has 34 heteroatoms. The maximum Gasteiger partial charge on any atom is 0.349 e. The topological polar surface area (TPSA) is 464 Å². The molecule has 11 rings (SSSR count). The highest BCUT2D eigenvalue weighted by Crippen LogP contribution is 2.43. The number of nitrogens with two attached hydrogens (primary N) is 2. The fraction of sp³-hybridized carbons (Fsp3) is 0.447. The average Bonchev–Trinajstić information content (AvgIpc) is 0.792. The van der Waals surface area contributed by atoms with Gasteiger partial charge in [0.15, 0.2) is 11.9 Å². The van der Waals surface area contributed by atoms with Crippen molar-refractivity contribution in [2.75, 3.05) is 128 Å². The van der Waals surface area contributed by atoms with Gasteiger partial charge in [0.25, 0.3) is 23.6 Å². The van der Waals surface area contributed by atoms with Crippen LogP contribution in [-0.4, -0.2) is 194 Å². The number of hydrogen-bond acceptors (Lipinski definition) is 24. The van der Waals surface area contributed by atoms with E-state index in [1.54, 1.807) is 58.2 Å². The number of anilines is 2.